The molecule has 0 aliphatic heterocycles. The van der Waals surface area contributed by atoms with Crippen molar-refractivity contribution in [3.05, 3.63) is 35.9 Å². The summed E-state index contributed by atoms with van der Waals surface area (Å²) in [7, 11) is 0. The SMILES string of the molecule is CC(CCc1ccccc1)NC(=O)C(C)S. The van der Waals surface area contributed by atoms with Crippen molar-refractivity contribution >= 4 is 18.5 Å². The first-order valence-electron chi connectivity index (χ1n) is 5.62. The molecule has 16 heavy (non-hydrogen) atoms. The van der Waals surface area contributed by atoms with Crippen LogP contribution in [-0.4, -0.2) is 17.2 Å². The molecule has 1 aromatic carbocycles. The largest absolute Gasteiger partial charge is 0.353 e. The minimum atomic E-state index is -0.237. The first kappa shape index (κ1) is 13.1. The number of benzene rings is 1. The Morgan fingerprint density at radius 2 is 1.94 bits per heavy atom. The van der Waals surface area contributed by atoms with Crippen LogP contribution in [0.2, 0.25) is 0 Å². The highest BCUT2D eigenvalue weighted by molar-refractivity contribution is 7.81. The summed E-state index contributed by atoms with van der Waals surface area (Å²) in [6.07, 6.45) is 1.94. The van der Waals surface area contributed by atoms with Gasteiger partial charge in [0.05, 0.1) is 5.25 Å². The number of thiol groups is 1. The van der Waals surface area contributed by atoms with Crippen molar-refractivity contribution in [1.29, 1.82) is 0 Å². The molecular formula is C13H19NOS. The number of aryl methyl sites for hydroxylation is 1. The molecule has 2 unspecified atom stereocenters. The van der Waals surface area contributed by atoms with Crippen molar-refractivity contribution in [3.63, 3.8) is 0 Å². The molecule has 0 radical (unpaired) electrons. The number of nitrogens with one attached hydrogen (secondary N) is 1. The van der Waals surface area contributed by atoms with Gasteiger partial charge >= 0.3 is 0 Å². The molecule has 3 heteroatoms. The van der Waals surface area contributed by atoms with Crippen molar-refractivity contribution in [1.82, 2.24) is 5.32 Å². The molecule has 1 aromatic rings. The zero-order valence-electron chi connectivity index (χ0n) is 9.81. The molecule has 0 fully saturated rings. The number of carbonyl (C=O) groups excluding carboxylic acids is 1. The molecule has 0 heterocycles. The van der Waals surface area contributed by atoms with Gasteiger partial charge in [0.1, 0.15) is 0 Å². The lowest BCUT2D eigenvalue weighted by atomic mass is 10.1. The van der Waals surface area contributed by atoms with Crippen LogP contribution in [0.3, 0.4) is 0 Å². The van der Waals surface area contributed by atoms with Gasteiger partial charge in [0, 0.05) is 6.04 Å². The normalized spacial score (nSPS) is 14.2. The maximum atomic E-state index is 11.4. The summed E-state index contributed by atoms with van der Waals surface area (Å²) in [5, 5.41) is 2.70. The number of rotatable bonds is 5. The second-order valence-electron chi connectivity index (χ2n) is 4.11. The maximum Gasteiger partial charge on any atom is 0.232 e. The zero-order valence-corrected chi connectivity index (χ0v) is 10.7. The molecular weight excluding hydrogens is 218 g/mol. The van der Waals surface area contributed by atoms with Crippen LogP contribution in [0.1, 0.15) is 25.8 Å². The van der Waals surface area contributed by atoms with Crippen molar-refractivity contribution in [2.24, 2.45) is 0 Å². The van der Waals surface area contributed by atoms with E-state index < -0.39 is 0 Å². The highest BCUT2D eigenvalue weighted by atomic mass is 32.1. The fraction of sp³-hybridized carbons (Fsp3) is 0.462. The van der Waals surface area contributed by atoms with E-state index in [-0.39, 0.29) is 17.2 Å². The highest BCUT2D eigenvalue weighted by Gasteiger charge is 2.10. The highest BCUT2D eigenvalue weighted by Crippen LogP contribution is 2.05. The minimum Gasteiger partial charge on any atom is -0.353 e. The standard InChI is InChI=1S/C13H19NOS/c1-10(14-13(15)11(2)16)8-9-12-6-4-3-5-7-12/h3-7,10-11,16H,8-9H2,1-2H3,(H,14,15). The first-order chi connectivity index (χ1) is 7.59. The van der Waals surface area contributed by atoms with Crippen LogP contribution in [0.25, 0.3) is 0 Å². The van der Waals surface area contributed by atoms with Crippen LogP contribution in [0.5, 0.6) is 0 Å². The monoisotopic (exact) mass is 237 g/mol. The van der Waals surface area contributed by atoms with Crippen molar-refractivity contribution < 1.29 is 4.79 Å². The summed E-state index contributed by atoms with van der Waals surface area (Å²) in [4.78, 5) is 11.4. The average Bonchev–Trinajstić information content (AvgIpc) is 2.27. The Balaban J connectivity index is 2.30. The third-order valence-electron chi connectivity index (χ3n) is 2.48. The van der Waals surface area contributed by atoms with Gasteiger partial charge in [-0.15, -0.1) is 0 Å². The van der Waals surface area contributed by atoms with Gasteiger partial charge in [-0.2, -0.15) is 12.6 Å². The molecule has 0 aliphatic carbocycles. The van der Waals surface area contributed by atoms with E-state index in [0.717, 1.165) is 12.8 Å². The van der Waals surface area contributed by atoms with Gasteiger partial charge in [-0.25, -0.2) is 0 Å². The molecule has 0 saturated carbocycles. The van der Waals surface area contributed by atoms with Crippen molar-refractivity contribution in [2.45, 2.75) is 38.0 Å². The van der Waals surface area contributed by atoms with E-state index in [4.69, 9.17) is 0 Å². The second kappa shape index (κ2) is 6.59. The predicted octanol–water partition coefficient (Wildman–Crippen LogP) is 2.44. The zero-order chi connectivity index (χ0) is 12.0. The molecule has 0 aliphatic rings. The summed E-state index contributed by atoms with van der Waals surface area (Å²) in [6, 6.07) is 10.5. The van der Waals surface area contributed by atoms with Gasteiger partial charge in [0.15, 0.2) is 0 Å². The fourth-order valence-corrected chi connectivity index (χ4v) is 1.54. The maximum absolute atomic E-state index is 11.4. The van der Waals surface area contributed by atoms with Crippen LogP contribution in [0, 0.1) is 0 Å². The van der Waals surface area contributed by atoms with E-state index in [1.165, 1.54) is 5.56 Å². The predicted molar refractivity (Wildman–Crippen MR) is 70.8 cm³/mol. The first-order valence-corrected chi connectivity index (χ1v) is 6.13. The Morgan fingerprint density at radius 1 is 1.31 bits per heavy atom. The third kappa shape index (κ3) is 4.71. The van der Waals surface area contributed by atoms with Gasteiger partial charge in [0.2, 0.25) is 5.91 Å². The third-order valence-corrected chi connectivity index (χ3v) is 2.71. The Morgan fingerprint density at radius 3 is 2.50 bits per heavy atom. The van der Waals surface area contributed by atoms with Gasteiger partial charge < -0.3 is 5.32 Å². The van der Waals surface area contributed by atoms with Gasteiger partial charge in [-0.1, -0.05) is 30.3 Å². The lowest BCUT2D eigenvalue weighted by Crippen LogP contribution is -2.37. The number of hydrogen-bond acceptors (Lipinski definition) is 2. The van der Waals surface area contributed by atoms with Crippen molar-refractivity contribution in [2.75, 3.05) is 0 Å². The lowest BCUT2D eigenvalue weighted by molar-refractivity contribution is -0.120. The van der Waals surface area contributed by atoms with E-state index in [1.54, 1.807) is 6.92 Å². The van der Waals surface area contributed by atoms with Crippen LogP contribution in [-0.2, 0) is 11.2 Å². The molecule has 1 rings (SSSR count). The van der Waals surface area contributed by atoms with Gasteiger partial charge in [-0.05, 0) is 32.3 Å². The Hall–Kier alpha value is -0.960. The van der Waals surface area contributed by atoms with E-state index >= 15 is 0 Å². The number of carbonyl (C=O) groups is 1. The van der Waals surface area contributed by atoms with Crippen LogP contribution in [0.15, 0.2) is 30.3 Å². The molecule has 0 aromatic heterocycles. The fourth-order valence-electron chi connectivity index (χ4n) is 1.46. The van der Waals surface area contributed by atoms with Gasteiger partial charge in [-0.3, -0.25) is 4.79 Å². The number of hydrogen-bond donors (Lipinski definition) is 2. The molecule has 1 amide bonds. The Kier molecular flexibility index (Phi) is 5.39. The summed E-state index contributed by atoms with van der Waals surface area (Å²) in [5.74, 6) is 0.00361. The summed E-state index contributed by atoms with van der Waals surface area (Å²) >= 11 is 4.09. The van der Waals surface area contributed by atoms with Gasteiger partial charge in [0.25, 0.3) is 0 Å². The summed E-state index contributed by atoms with van der Waals surface area (Å²) in [6.45, 7) is 3.80. The lowest BCUT2D eigenvalue weighted by Gasteiger charge is -2.15. The van der Waals surface area contributed by atoms with Crippen LogP contribution in [0.4, 0.5) is 0 Å². The van der Waals surface area contributed by atoms with Crippen molar-refractivity contribution in [3.8, 4) is 0 Å². The molecule has 2 nitrogen and oxygen atoms in total. The Bertz CT molecular complexity index is 324. The van der Waals surface area contributed by atoms with Crippen LogP contribution < -0.4 is 5.32 Å². The Labute approximate surface area is 103 Å². The molecule has 88 valence electrons. The molecule has 0 spiro atoms. The molecule has 0 saturated heterocycles. The minimum absolute atomic E-state index is 0.00361. The second-order valence-corrected chi connectivity index (χ2v) is 4.88. The van der Waals surface area contributed by atoms with E-state index in [1.807, 2.05) is 25.1 Å². The molecule has 1 N–H and O–H groups in total. The van der Waals surface area contributed by atoms with E-state index in [2.05, 4.69) is 30.1 Å². The smallest absolute Gasteiger partial charge is 0.232 e. The summed E-state index contributed by atoms with van der Waals surface area (Å²) < 4.78 is 0. The van der Waals surface area contributed by atoms with Crippen LogP contribution >= 0.6 is 12.6 Å². The average molecular weight is 237 g/mol. The topological polar surface area (TPSA) is 29.1 Å². The number of amides is 1. The van der Waals surface area contributed by atoms with E-state index in [0.29, 0.717) is 0 Å². The molecule has 2 atom stereocenters. The summed E-state index contributed by atoms with van der Waals surface area (Å²) in [5.41, 5.74) is 1.31. The molecule has 0 bridgehead atoms. The quantitative estimate of drug-likeness (QED) is 0.757. The van der Waals surface area contributed by atoms with E-state index in [9.17, 15) is 4.79 Å².